The van der Waals surface area contributed by atoms with Gasteiger partial charge in [-0.2, -0.15) is 0 Å². The Kier molecular flexibility index (Phi) is 4.75. The van der Waals surface area contributed by atoms with E-state index < -0.39 is 0 Å². The Labute approximate surface area is 130 Å². The number of thiazole rings is 1. The number of likely N-dealkylation sites (tertiary alicyclic amines) is 1. The number of carbonyl (C=O) groups excluding carboxylic acids is 1. The number of anilines is 1. The van der Waals surface area contributed by atoms with Gasteiger partial charge in [0.15, 0.2) is 5.13 Å². The molecule has 5 nitrogen and oxygen atoms in total. The molecule has 3 rings (SSSR count). The van der Waals surface area contributed by atoms with Gasteiger partial charge in [-0.15, -0.1) is 11.3 Å². The summed E-state index contributed by atoms with van der Waals surface area (Å²) in [5.74, 6) is 0.304. The standard InChI is InChI=1S/C15H24N4OS/c1-13(17-6-2-3-7-17)14(20)18-8-4-9-19(11-10-18)15-16-5-12-21-15/h5,12-13H,2-4,6-11H2,1H3. The maximum atomic E-state index is 12.7. The van der Waals surface area contributed by atoms with E-state index in [-0.39, 0.29) is 6.04 Å². The second-order valence-electron chi connectivity index (χ2n) is 5.90. The zero-order valence-electron chi connectivity index (χ0n) is 12.7. The first kappa shape index (κ1) is 14.8. The van der Waals surface area contributed by atoms with E-state index in [1.54, 1.807) is 11.3 Å². The summed E-state index contributed by atoms with van der Waals surface area (Å²) in [5, 5.41) is 3.09. The van der Waals surface area contributed by atoms with Gasteiger partial charge in [0.2, 0.25) is 5.91 Å². The summed E-state index contributed by atoms with van der Waals surface area (Å²) in [6.45, 7) is 7.80. The molecule has 2 fully saturated rings. The van der Waals surface area contributed by atoms with Gasteiger partial charge in [-0.1, -0.05) is 0 Å². The van der Waals surface area contributed by atoms with Crippen molar-refractivity contribution in [2.75, 3.05) is 44.2 Å². The van der Waals surface area contributed by atoms with Crippen LogP contribution in [0.2, 0.25) is 0 Å². The lowest BCUT2D eigenvalue weighted by Gasteiger charge is -2.29. The van der Waals surface area contributed by atoms with Gasteiger partial charge in [-0.25, -0.2) is 4.98 Å². The van der Waals surface area contributed by atoms with Crippen LogP contribution in [-0.4, -0.2) is 66.0 Å². The molecule has 2 aliphatic rings. The Balaban J connectivity index is 1.58. The van der Waals surface area contributed by atoms with Crippen molar-refractivity contribution >= 4 is 22.4 Å². The number of hydrogen-bond acceptors (Lipinski definition) is 5. The van der Waals surface area contributed by atoms with E-state index in [4.69, 9.17) is 0 Å². The molecule has 1 aromatic heterocycles. The summed E-state index contributed by atoms with van der Waals surface area (Å²) in [6.07, 6.45) is 5.34. The van der Waals surface area contributed by atoms with Crippen LogP contribution in [0.4, 0.5) is 5.13 Å². The van der Waals surface area contributed by atoms with Gasteiger partial charge in [0.05, 0.1) is 6.04 Å². The molecule has 0 saturated carbocycles. The Bertz CT molecular complexity index is 458. The van der Waals surface area contributed by atoms with Crippen molar-refractivity contribution in [3.63, 3.8) is 0 Å². The molecule has 0 aliphatic carbocycles. The molecular formula is C15H24N4OS. The molecule has 116 valence electrons. The fraction of sp³-hybridized carbons (Fsp3) is 0.733. The number of hydrogen-bond donors (Lipinski definition) is 0. The highest BCUT2D eigenvalue weighted by Gasteiger charge is 2.29. The first-order chi connectivity index (χ1) is 10.3. The van der Waals surface area contributed by atoms with Crippen LogP contribution in [0, 0.1) is 0 Å². The topological polar surface area (TPSA) is 39.7 Å². The Morgan fingerprint density at radius 1 is 1.14 bits per heavy atom. The molecule has 0 radical (unpaired) electrons. The molecule has 2 saturated heterocycles. The van der Waals surface area contributed by atoms with Gasteiger partial charge in [0, 0.05) is 37.8 Å². The normalized spacial score (nSPS) is 22.3. The van der Waals surface area contributed by atoms with E-state index in [1.807, 2.05) is 11.6 Å². The van der Waals surface area contributed by atoms with Crippen LogP contribution >= 0.6 is 11.3 Å². The van der Waals surface area contributed by atoms with Gasteiger partial charge >= 0.3 is 0 Å². The second kappa shape index (κ2) is 6.75. The fourth-order valence-corrected chi connectivity index (χ4v) is 3.95. The third-order valence-electron chi connectivity index (χ3n) is 4.54. The van der Waals surface area contributed by atoms with Gasteiger partial charge in [-0.05, 0) is 39.3 Å². The van der Waals surface area contributed by atoms with Crippen molar-refractivity contribution in [3.05, 3.63) is 11.6 Å². The minimum absolute atomic E-state index is 0.0407. The third kappa shape index (κ3) is 3.37. The molecule has 2 aliphatic heterocycles. The average Bonchev–Trinajstić information content (AvgIpc) is 3.16. The first-order valence-corrected chi connectivity index (χ1v) is 8.81. The van der Waals surface area contributed by atoms with Crippen LogP contribution in [0.3, 0.4) is 0 Å². The van der Waals surface area contributed by atoms with Crippen LogP contribution in [0.25, 0.3) is 0 Å². The van der Waals surface area contributed by atoms with Crippen molar-refractivity contribution in [2.24, 2.45) is 0 Å². The van der Waals surface area contributed by atoms with Crippen molar-refractivity contribution in [2.45, 2.75) is 32.2 Å². The van der Waals surface area contributed by atoms with Crippen molar-refractivity contribution in [3.8, 4) is 0 Å². The quantitative estimate of drug-likeness (QED) is 0.851. The summed E-state index contributed by atoms with van der Waals surface area (Å²) in [6, 6.07) is 0.0407. The van der Waals surface area contributed by atoms with Crippen LogP contribution in [0.1, 0.15) is 26.2 Å². The largest absolute Gasteiger partial charge is 0.346 e. The molecule has 1 unspecified atom stereocenters. The number of rotatable bonds is 3. The van der Waals surface area contributed by atoms with Crippen molar-refractivity contribution in [1.82, 2.24) is 14.8 Å². The maximum absolute atomic E-state index is 12.7. The van der Waals surface area contributed by atoms with Crippen LogP contribution in [0.5, 0.6) is 0 Å². The van der Waals surface area contributed by atoms with E-state index in [0.29, 0.717) is 5.91 Å². The Hall–Kier alpha value is -1.14. The highest BCUT2D eigenvalue weighted by Crippen LogP contribution is 2.20. The average molecular weight is 308 g/mol. The van der Waals surface area contributed by atoms with E-state index in [0.717, 1.165) is 50.8 Å². The number of carbonyl (C=O) groups is 1. The molecule has 0 bridgehead atoms. The van der Waals surface area contributed by atoms with Crippen molar-refractivity contribution in [1.29, 1.82) is 0 Å². The third-order valence-corrected chi connectivity index (χ3v) is 5.38. The van der Waals surface area contributed by atoms with E-state index in [9.17, 15) is 4.79 Å². The lowest BCUT2D eigenvalue weighted by molar-refractivity contribution is -0.135. The zero-order valence-corrected chi connectivity index (χ0v) is 13.5. The Morgan fingerprint density at radius 3 is 2.67 bits per heavy atom. The highest BCUT2D eigenvalue weighted by molar-refractivity contribution is 7.13. The number of amides is 1. The first-order valence-electron chi connectivity index (χ1n) is 7.93. The second-order valence-corrected chi connectivity index (χ2v) is 6.77. The molecular weight excluding hydrogens is 284 g/mol. The molecule has 1 atom stereocenters. The summed E-state index contributed by atoms with van der Waals surface area (Å²) in [7, 11) is 0. The molecule has 0 aromatic carbocycles. The summed E-state index contributed by atoms with van der Waals surface area (Å²) >= 11 is 1.68. The minimum atomic E-state index is 0.0407. The highest BCUT2D eigenvalue weighted by atomic mass is 32.1. The molecule has 0 spiro atoms. The molecule has 6 heteroatoms. The van der Waals surface area contributed by atoms with Crippen molar-refractivity contribution < 1.29 is 4.79 Å². The molecule has 0 N–H and O–H groups in total. The van der Waals surface area contributed by atoms with Crippen LogP contribution in [0.15, 0.2) is 11.6 Å². The summed E-state index contributed by atoms with van der Waals surface area (Å²) in [4.78, 5) is 23.7. The maximum Gasteiger partial charge on any atom is 0.239 e. The SMILES string of the molecule is CC(C(=O)N1CCCN(c2nccs2)CC1)N1CCCC1. The van der Waals surface area contributed by atoms with Crippen LogP contribution in [-0.2, 0) is 4.79 Å². The number of nitrogens with zero attached hydrogens (tertiary/aromatic N) is 4. The molecule has 1 amide bonds. The minimum Gasteiger partial charge on any atom is -0.346 e. The van der Waals surface area contributed by atoms with E-state index in [2.05, 4.69) is 26.6 Å². The molecule has 1 aromatic rings. The number of aromatic nitrogens is 1. The monoisotopic (exact) mass is 308 g/mol. The van der Waals surface area contributed by atoms with Gasteiger partial charge in [-0.3, -0.25) is 9.69 Å². The lowest BCUT2D eigenvalue weighted by Crippen LogP contribution is -2.47. The predicted octanol–water partition coefficient (Wildman–Crippen LogP) is 1.67. The molecule has 21 heavy (non-hydrogen) atoms. The summed E-state index contributed by atoms with van der Waals surface area (Å²) in [5.41, 5.74) is 0. The molecule has 3 heterocycles. The van der Waals surface area contributed by atoms with E-state index in [1.165, 1.54) is 12.8 Å². The van der Waals surface area contributed by atoms with E-state index >= 15 is 0 Å². The van der Waals surface area contributed by atoms with Gasteiger partial charge in [0.1, 0.15) is 0 Å². The fourth-order valence-electron chi connectivity index (χ4n) is 3.25. The van der Waals surface area contributed by atoms with Gasteiger partial charge in [0.25, 0.3) is 0 Å². The van der Waals surface area contributed by atoms with Crippen LogP contribution < -0.4 is 4.90 Å². The zero-order chi connectivity index (χ0) is 14.7. The Morgan fingerprint density at radius 2 is 1.95 bits per heavy atom. The van der Waals surface area contributed by atoms with Gasteiger partial charge < -0.3 is 9.80 Å². The lowest BCUT2D eigenvalue weighted by atomic mass is 10.2. The smallest absolute Gasteiger partial charge is 0.239 e. The predicted molar refractivity (Wildman–Crippen MR) is 85.8 cm³/mol. The summed E-state index contributed by atoms with van der Waals surface area (Å²) < 4.78 is 0.